The number of aryl methyl sites for hydroxylation is 1. The topological polar surface area (TPSA) is 193 Å². The zero-order valence-corrected chi connectivity index (χ0v) is 38.6. The van der Waals surface area contributed by atoms with Crippen LogP contribution in [0.4, 0.5) is 0 Å². The smallest absolute Gasteiger partial charge is 0.312 e. The molecule has 338 valence electrons. The molecule has 4 N–H and O–H groups in total. The first-order chi connectivity index (χ1) is 29.4. The van der Waals surface area contributed by atoms with E-state index in [0.29, 0.717) is 46.8 Å². The summed E-state index contributed by atoms with van der Waals surface area (Å²) in [6.07, 6.45) is 6.48. The zero-order chi connectivity index (χ0) is 45.4. The van der Waals surface area contributed by atoms with Gasteiger partial charge in [-0.1, -0.05) is 53.5 Å². The molecular formula is C46H63N4O11P. The lowest BCUT2D eigenvalue weighted by atomic mass is 9.78. The number of hydrogen-bond acceptors (Lipinski definition) is 15. The van der Waals surface area contributed by atoms with Gasteiger partial charge in [-0.15, -0.1) is 0 Å². The number of phenols is 2. The van der Waals surface area contributed by atoms with Crippen LogP contribution in [0.2, 0.25) is 0 Å². The second-order valence-electron chi connectivity index (χ2n) is 17.2. The van der Waals surface area contributed by atoms with Crippen molar-refractivity contribution in [3.8, 4) is 17.2 Å². The normalized spacial score (nSPS) is 30.7. The van der Waals surface area contributed by atoms with Crippen molar-refractivity contribution in [3.05, 3.63) is 52.7 Å². The number of aliphatic hydroxyl groups excluding tert-OH is 2. The van der Waals surface area contributed by atoms with Crippen LogP contribution < -0.4 is 4.74 Å². The predicted octanol–water partition coefficient (Wildman–Crippen LogP) is 6.24. The lowest BCUT2D eigenvalue weighted by Crippen LogP contribution is -2.46. The molecule has 1 aromatic heterocycles. The summed E-state index contributed by atoms with van der Waals surface area (Å²) in [7, 11) is 1.90. The Kier molecular flexibility index (Phi) is 14.5. The van der Waals surface area contributed by atoms with Gasteiger partial charge in [0.15, 0.2) is 0 Å². The highest BCUT2D eigenvalue weighted by molar-refractivity contribution is 7.55. The monoisotopic (exact) mass is 878 g/mol. The van der Waals surface area contributed by atoms with Gasteiger partial charge in [0, 0.05) is 106 Å². The number of nitrogens with zero attached hydrogens (tertiary/aromatic N) is 4. The third-order valence-corrected chi connectivity index (χ3v) is 15.1. The van der Waals surface area contributed by atoms with E-state index in [9.17, 15) is 30.0 Å². The summed E-state index contributed by atoms with van der Waals surface area (Å²) in [4.78, 5) is 34.6. The number of ketones is 1. The predicted molar refractivity (Wildman–Crippen MR) is 240 cm³/mol. The van der Waals surface area contributed by atoms with Gasteiger partial charge in [0.1, 0.15) is 23.4 Å². The number of piperazine rings is 1. The Balaban J connectivity index is 1.55. The van der Waals surface area contributed by atoms with Crippen LogP contribution in [0, 0.1) is 30.6 Å². The number of hydrogen-bond donors (Lipinski definition) is 4. The number of aliphatic hydroxyl groups is 2. The van der Waals surface area contributed by atoms with Crippen LogP contribution in [-0.4, -0.2) is 137 Å². The first kappa shape index (κ1) is 47.0. The van der Waals surface area contributed by atoms with Gasteiger partial charge < -0.3 is 44.1 Å². The molecule has 62 heavy (non-hydrogen) atoms. The number of allylic oxidation sites excluding steroid dienone is 3. The molecule has 6 bridgehead atoms. The molecule has 0 radical (unpaired) electrons. The fourth-order valence-corrected chi connectivity index (χ4v) is 11.1. The molecule has 2 aromatic carbocycles. The van der Waals surface area contributed by atoms with Crippen LogP contribution in [0.5, 0.6) is 17.2 Å². The van der Waals surface area contributed by atoms with Crippen molar-refractivity contribution in [1.29, 1.82) is 0 Å². The van der Waals surface area contributed by atoms with Gasteiger partial charge >= 0.3 is 11.8 Å². The van der Waals surface area contributed by atoms with Crippen molar-refractivity contribution in [2.24, 2.45) is 35.4 Å². The van der Waals surface area contributed by atoms with E-state index in [0.717, 1.165) is 30.6 Å². The van der Waals surface area contributed by atoms with Crippen LogP contribution in [0.3, 0.4) is 0 Å². The molecule has 0 aliphatic carbocycles. The fraction of sp³-hybridized carbons (Fsp3) is 0.565. The van der Waals surface area contributed by atoms with Gasteiger partial charge in [0.05, 0.1) is 59.5 Å². The van der Waals surface area contributed by atoms with E-state index in [1.54, 1.807) is 40.2 Å². The number of methoxy groups -OCH3 is 2. The minimum atomic E-state index is -1.92. The molecule has 1 fully saturated rings. The van der Waals surface area contributed by atoms with Gasteiger partial charge in [-0.3, -0.25) is 19.5 Å². The van der Waals surface area contributed by atoms with Crippen molar-refractivity contribution in [2.45, 2.75) is 85.6 Å². The maximum atomic E-state index is 14.7. The third kappa shape index (κ3) is 8.85. The summed E-state index contributed by atoms with van der Waals surface area (Å²) >= 11 is 0. The number of phenolic OH excluding ortho intramolecular Hbond substituents is 2. The minimum absolute atomic E-state index is 0.0643. The molecule has 0 saturated carbocycles. The summed E-state index contributed by atoms with van der Waals surface area (Å²) in [6, 6.07) is 0. The van der Waals surface area contributed by atoms with Crippen LogP contribution in [-0.2, 0) is 30.4 Å². The van der Waals surface area contributed by atoms with Crippen molar-refractivity contribution >= 4 is 52.5 Å². The Hall–Kier alpha value is -4.50. The van der Waals surface area contributed by atoms with E-state index in [4.69, 9.17) is 33.8 Å². The molecule has 3 aliphatic heterocycles. The van der Waals surface area contributed by atoms with E-state index in [-0.39, 0.29) is 34.1 Å². The number of benzene rings is 2. The van der Waals surface area contributed by atoms with Crippen LogP contribution in [0.1, 0.15) is 75.4 Å². The number of ether oxygens (including phenoxy) is 5. The zero-order valence-electron chi connectivity index (χ0n) is 37.7. The molecule has 1 saturated heterocycles. The average Bonchev–Trinajstić information content (AvgIpc) is 3.72. The standard InChI is InChI=1S/C46H63N4O11P/c1-24-13-12-14-25(2)45-48-36-31(23-47-50-18-16-49(17-19-50)20-22-57-9)40(55)33-34(43(36)62(45)11)39(54)29(6)42-35(33)44(56)46(8,61-42)59-21-15-32(58-10)26(3)41(60-30(7)51)28(5)38(53)27(4)37(24)52/h12-15,21,23-24,26-28,32,37-38,41,52-55H,16-20,22H2,1-11H3/b13-12+,21-15?,25-14-,47-23+/t24-,26+,27+,28+,32-,37-,38+,41+,46-,62?/m0/s1. The Bertz CT molecular complexity index is 2300. The number of aromatic hydroxyl groups is 2. The molecule has 6 rings (SSSR count). The number of aromatic nitrogens is 1. The first-order valence-electron chi connectivity index (χ1n) is 21.3. The Labute approximate surface area is 364 Å². The van der Waals surface area contributed by atoms with Gasteiger partial charge in [-0.25, -0.2) is 4.98 Å². The lowest BCUT2D eigenvalue weighted by molar-refractivity contribution is -0.160. The Morgan fingerprint density at radius 2 is 1.71 bits per heavy atom. The third-order valence-electron chi connectivity index (χ3n) is 12.9. The van der Waals surface area contributed by atoms with Gasteiger partial charge in [-0.2, -0.15) is 5.10 Å². The van der Waals surface area contributed by atoms with Crippen LogP contribution in [0.15, 0.2) is 35.7 Å². The average molecular weight is 879 g/mol. The number of hydrazone groups is 1. The molecule has 4 heterocycles. The van der Waals surface area contributed by atoms with Gasteiger partial charge in [0.2, 0.25) is 0 Å². The fourth-order valence-electron chi connectivity index (χ4n) is 9.03. The van der Waals surface area contributed by atoms with Crippen molar-refractivity contribution in [3.63, 3.8) is 0 Å². The molecule has 3 aliphatic rings. The summed E-state index contributed by atoms with van der Waals surface area (Å²) in [6.45, 7) is 19.9. The summed E-state index contributed by atoms with van der Waals surface area (Å²) in [5.41, 5.74) is 2.70. The molecule has 1 unspecified atom stereocenters. The molecular weight excluding hydrogens is 815 g/mol. The highest BCUT2D eigenvalue weighted by Gasteiger charge is 2.50. The lowest BCUT2D eigenvalue weighted by Gasteiger charge is -2.38. The van der Waals surface area contributed by atoms with Crippen molar-refractivity contribution in [1.82, 2.24) is 14.9 Å². The number of carbonyl (C=O) groups is 2. The van der Waals surface area contributed by atoms with E-state index in [1.165, 1.54) is 27.2 Å². The largest absolute Gasteiger partial charge is 0.507 e. The second kappa shape index (κ2) is 19.1. The maximum absolute atomic E-state index is 14.7. The number of rotatable bonds is 7. The number of esters is 1. The number of carbonyl (C=O) groups excluding carboxylic acids is 2. The quantitative estimate of drug-likeness (QED) is 0.154. The second-order valence-corrected chi connectivity index (χ2v) is 19.2. The minimum Gasteiger partial charge on any atom is -0.507 e. The summed E-state index contributed by atoms with van der Waals surface area (Å²) in [5, 5.41) is 55.4. The molecule has 0 amide bonds. The summed E-state index contributed by atoms with van der Waals surface area (Å²) in [5.74, 6) is -5.53. The van der Waals surface area contributed by atoms with E-state index in [2.05, 4.69) is 4.90 Å². The molecule has 0 spiro atoms. The van der Waals surface area contributed by atoms with Gasteiger partial charge in [-0.05, 0) is 32.2 Å². The molecule has 10 atom stereocenters. The van der Waals surface area contributed by atoms with Crippen molar-refractivity contribution in [2.75, 3.05) is 53.6 Å². The highest BCUT2D eigenvalue weighted by atomic mass is 31.1. The number of Topliss-reactive ketones (excluding diaryl/α,β-unsaturated/α-hetero) is 1. The van der Waals surface area contributed by atoms with Crippen LogP contribution in [0.25, 0.3) is 27.0 Å². The maximum Gasteiger partial charge on any atom is 0.312 e. The Morgan fingerprint density at radius 1 is 1.02 bits per heavy atom. The molecule has 3 aromatic rings. The van der Waals surface area contributed by atoms with Gasteiger partial charge in [0.25, 0.3) is 5.78 Å². The van der Waals surface area contributed by atoms with E-state index >= 15 is 0 Å². The molecule has 16 heteroatoms. The van der Waals surface area contributed by atoms with E-state index < -0.39 is 67.2 Å². The Morgan fingerprint density at radius 3 is 2.35 bits per heavy atom. The summed E-state index contributed by atoms with van der Waals surface area (Å²) < 4.78 is 29.3. The molecule has 15 nitrogen and oxygen atoms in total. The highest BCUT2D eigenvalue weighted by Crippen LogP contribution is 2.57. The first-order valence-corrected chi connectivity index (χ1v) is 23.1. The van der Waals surface area contributed by atoms with Crippen molar-refractivity contribution < 1.29 is 53.7 Å². The SMILES string of the molecule is COCCN1CCN(/N=C/c2c(O)c3c4c5c(C)c(O)c3c3c2nc(p3C)/C(C)=C\C=C\[C@H](C)[C@H](O)[C@@H](C)[C@@H](O)[C@@H](C)[C@H](OC(C)=O)[C@H](C)[C@@H](OC)C=CO[C@@](C)(O5)C4=O)CC1. The van der Waals surface area contributed by atoms with E-state index in [1.807, 2.05) is 50.7 Å². The number of fused-ring (bicyclic) bond motifs is 2. The van der Waals surface area contributed by atoms with Crippen LogP contribution >= 0.6 is 7.53 Å².